The van der Waals surface area contributed by atoms with Crippen LogP contribution in [-0.2, 0) is 24.6 Å². The molecule has 4 amide bonds. The molecule has 46 heavy (non-hydrogen) atoms. The number of anilines is 1. The van der Waals surface area contributed by atoms with E-state index in [4.69, 9.17) is 0 Å². The minimum Gasteiger partial charge on any atom is -0.274 e. The van der Waals surface area contributed by atoms with E-state index in [1.54, 1.807) is 12.3 Å². The Morgan fingerprint density at radius 1 is 0.739 bits per heavy atom. The maximum absolute atomic E-state index is 14.7. The van der Waals surface area contributed by atoms with Crippen LogP contribution in [0.4, 0.5) is 11.4 Å². The number of rotatable bonds is 4. The molecule has 0 spiro atoms. The Kier molecular flexibility index (Phi) is 4.81. The lowest BCUT2D eigenvalue weighted by molar-refractivity contribution is -0.384. The molecule has 4 fully saturated rings. The highest BCUT2D eigenvalue weighted by atomic mass is 16.6. The standard InChI is InChI=1S/C36H26N4O6/c41-32-30-27-19-7-1-3-9-23(19)36(24-10-4-2-8-20(24)27,31(30)35(44)38(32)25-11-5-6-12-26(25)40(45)46)16-37-39-33(42)28-17-13-14-18(22-15-21(17)22)29(28)34(39)43/h1-14,16-18,21-22,27-31H,15H2/b37-16-/t17-,18-,21-,22+,27?,28-,29+,30+,31+,36?/m0/s1. The Morgan fingerprint density at radius 3 is 1.91 bits per heavy atom. The number of nitro benzene ring substituents is 1. The molecule has 10 heteroatoms. The van der Waals surface area contributed by atoms with Crippen LogP contribution in [0.5, 0.6) is 0 Å². The molecule has 0 N–H and O–H groups in total. The molecule has 0 unspecified atom stereocenters. The number of amides is 4. The number of imide groups is 2. The van der Waals surface area contributed by atoms with E-state index in [2.05, 4.69) is 17.3 Å². The second kappa shape index (κ2) is 8.51. The van der Waals surface area contributed by atoms with Crippen molar-refractivity contribution in [1.29, 1.82) is 0 Å². The smallest absolute Gasteiger partial charge is 0.274 e. The van der Waals surface area contributed by atoms with E-state index in [0.717, 1.165) is 38.6 Å². The average Bonchev–Trinajstić information content (AvgIpc) is 3.81. The molecule has 2 saturated heterocycles. The summed E-state index contributed by atoms with van der Waals surface area (Å²) >= 11 is 0. The van der Waals surface area contributed by atoms with Gasteiger partial charge in [0, 0.05) is 18.2 Å². The lowest BCUT2D eigenvalue weighted by atomic mass is 9.47. The number of nitrogens with zero attached hydrogens (tertiary/aromatic N) is 4. The van der Waals surface area contributed by atoms with Crippen molar-refractivity contribution < 1.29 is 24.1 Å². The number of carbonyl (C=O) groups is 4. The van der Waals surface area contributed by atoms with Gasteiger partial charge in [-0.15, -0.1) is 0 Å². The Morgan fingerprint density at radius 2 is 1.30 bits per heavy atom. The highest BCUT2D eigenvalue weighted by molar-refractivity contribution is 6.25. The van der Waals surface area contributed by atoms with E-state index < -0.39 is 51.7 Å². The fourth-order valence-electron chi connectivity index (χ4n) is 10.3. The van der Waals surface area contributed by atoms with E-state index in [0.29, 0.717) is 11.8 Å². The van der Waals surface area contributed by atoms with E-state index in [1.165, 1.54) is 18.2 Å². The second-order valence-electron chi connectivity index (χ2n) is 13.7. The summed E-state index contributed by atoms with van der Waals surface area (Å²) in [5, 5.41) is 17.7. The summed E-state index contributed by atoms with van der Waals surface area (Å²) in [5.41, 5.74) is 1.52. The first-order valence-corrected chi connectivity index (χ1v) is 15.8. The number of benzene rings is 3. The molecule has 226 valence electrons. The molecule has 2 heterocycles. The predicted octanol–water partition coefficient (Wildman–Crippen LogP) is 4.18. The van der Waals surface area contributed by atoms with Crippen LogP contribution in [0, 0.1) is 57.5 Å². The highest BCUT2D eigenvalue weighted by Crippen LogP contribution is 2.66. The van der Waals surface area contributed by atoms with Crippen LogP contribution in [0.2, 0.25) is 0 Å². The minimum absolute atomic E-state index is 0.0371. The van der Waals surface area contributed by atoms with Crippen molar-refractivity contribution in [3.63, 3.8) is 0 Å². The Balaban J connectivity index is 1.16. The first-order chi connectivity index (χ1) is 22.3. The molecule has 2 saturated carbocycles. The van der Waals surface area contributed by atoms with E-state index in [-0.39, 0.29) is 35.0 Å². The summed E-state index contributed by atoms with van der Waals surface area (Å²) in [6.45, 7) is 0. The zero-order chi connectivity index (χ0) is 31.2. The third-order valence-corrected chi connectivity index (χ3v) is 12.0. The van der Waals surface area contributed by atoms with Gasteiger partial charge < -0.3 is 0 Å². The molecule has 4 bridgehead atoms. The minimum atomic E-state index is -1.31. The molecular weight excluding hydrogens is 584 g/mol. The summed E-state index contributed by atoms with van der Waals surface area (Å²) in [6.07, 6.45) is 6.81. The molecule has 0 aromatic heterocycles. The van der Waals surface area contributed by atoms with Crippen molar-refractivity contribution >= 4 is 41.2 Å². The molecular formula is C36H26N4O6. The van der Waals surface area contributed by atoms with Gasteiger partial charge in [0.15, 0.2) is 0 Å². The normalized spacial score (nSPS) is 37.0. The molecule has 3 aromatic rings. The largest absolute Gasteiger partial charge is 0.293 e. The number of carbonyl (C=O) groups excluding carboxylic acids is 4. The Hall–Kier alpha value is -5.25. The van der Waals surface area contributed by atoms with Crippen LogP contribution in [0.1, 0.15) is 34.6 Å². The summed E-state index contributed by atoms with van der Waals surface area (Å²) < 4.78 is 0. The summed E-state index contributed by atoms with van der Waals surface area (Å²) in [4.78, 5) is 69.3. The molecule has 8 atom stereocenters. The molecule has 9 aliphatic rings. The van der Waals surface area contributed by atoms with E-state index in [9.17, 15) is 29.3 Å². The number of para-hydroxylation sites is 2. The van der Waals surface area contributed by atoms with Gasteiger partial charge in [0.25, 0.3) is 17.5 Å². The van der Waals surface area contributed by atoms with Gasteiger partial charge in [-0.2, -0.15) is 10.1 Å². The fourth-order valence-corrected chi connectivity index (χ4v) is 10.3. The maximum Gasteiger partial charge on any atom is 0.293 e. The first-order valence-electron chi connectivity index (χ1n) is 15.8. The molecule has 2 aliphatic heterocycles. The lowest BCUT2D eigenvalue weighted by Gasteiger charge is -2.52. The number of hydrogen-bond acceptors (Lipinski definition) is 7. The molecule has 0 radical (unpaired) electrons. The van der Waals surface area contributed by atoms with Gasteiger partial charge in [-0.05, 0) is 58.4 Å². The molecule has 10 nitrogen and oxygen atoms in total. The van der Waals surface area contributed by atoms with Gasteiger partial charge in [-0.1, -0.05) is 72.8 Å². The number of hydrazone groups is 1. The molecule has 12 rings (SSSR count). The van der Waals surface area contributed by atoms with E-state index >= 15 is 0 Å². The quantitative estimate of drug-likeness (QED) is 0.143. The van der Waals surface area contributed by atoms with Crippen molar-refractivity contribution in [2.45, 2.75) is 17.8 Å². The zero-order valence-corrected chi connectivity index (χ0v) is 24.3. The average molecular weight is 611 g/mol. The lowest BCUT2D eigenvalue weighted by Crippen LogP contribution is -2.55. The van der Waals surface area contributed by atoms with Gasteiger partial charge in [-0.25, -0.2) is 4.90 Å². The van der Waals surface area contributed by atoms with Crippen molar-refractivity contribution in [3.8, 4) is 0 Å². The third-order valence-electron chi connectivity index (χ3n) is 12.0. The van der Waals surface area contributed by atoms with Crippen LogP contribution in [0.3, 0.4) is 0 Å². The van der Waals surface area contributed by atoms with Crippen LogP contribution in [-0.4, -0.2) is 39.8 Å². The molecule has 7 aliphatic carbocycles. The van der Waals surface area contributed by atoms with Crippen LogP contribution < -0.4 is 4.90 Å². The van der Waals surface area contributed by atoms with Crippen molar-refractivity contribution in [2.24, 2.45) is 52.4 Å². The number of nitro groups is 1. The zero-order valence-electron chi connectivity index (χ0n) is 24.3. The highest BCUT2D eigenvalue weighted by Gasteiger charge is 2.70. The van der Waals surface area contributed by atoms with Gasteiger partial charge in [0.05, 0.1) is 34.0 Å². The summed E-state index contributed by atoms with van der Waals surface area (Å²) in [7, 11) is 0. The third kappa shape index (κ3) is 2.87. The monoisotopic (exact) mass is 610 g/mol. The number of allylic oxidation sites excluding steroid dienone is 2. The predicted molar refractivity (Wildman–Crippen MR) is 163 cm³/mol. The van der Waals surface area contributed by atoms with Crippen molar-refractivity contribution in [2.75, 3.05) is 4.90 Å². The van der Waals surface area contributed by atoms with Crippen molar-refractivity contribution in [1.82, 2.24) is 5.01 Å². The Labute approximate surface area is 262 Å². The van der Waals surface area contributed by atoms with Crippen LogP contribution in [0.25, 0.3) is 0 Å². The summed E-state index contributed by atoms with van der Waals surface area (Å²) in [6, 6.07) is 21.0. The summed E-state index contributed by atoms with van der Waals surface area (Å²) in [5.74, 6) is -3.96. The number of hydrogen-bond donors (Lipinski definition) is 0. The molecule has 3 aromatic carbocycles. The Bertz CT molecular complexity index is 1970. The SMILES string of the molecule is O=C1[C@@H]2[C@H]3C=C[C@@H]([C@@H]4C[C@H]34)[C@@H]2C(=O)N1/N=C\C12c3ccccc3C(c3ccccc31)[C@H]1C(=O)N(c3ccccc3[N+](=O)[O-])C(=O)[C@@H]12. The fraction of sp³-hybridized carbons (Fsp3) is 0.306. The van der Waals surface area contributed by atoms with Gasteiger partial charge in [0.2, 0.25) is 11.8 Å². The van der Waals surface area contributed by atoms with Gasteiger partial charge >= 0.3 is 0 Å². The maximum atomic E-state index is 14.7. The van der Waals surface area contributed by atoms with Crippen LogP contribution in [0.15, 0.2) is 90.0 Å². The van der Waals surface area contributed by atoms with Crippen LogP contribution >= 0.6 is 0 Å². The van der Waals surface area contributed by atoms with Gasteiger partial charge in [-0.3, -0.25) is 29.3 Å². The van der Waals surface area contributed by atoms with Crippen molar-refractivity contribution in [3.05, 3.63) is 117 Å². The topological polar surface area (TPSA) is 130 Å². The first kappa shape index (κ1) is 26.0. The second-order valence-corrected chi connectivity index (χ2v) is 13.7. The van der Waals surface area contributed by atoms with Gasteiger partial charge in [0.1, 0.15) is 5.69 Å². The van der Waals surface area contributed by atoms with E-state index in [1.807, 2.05) is 48.5 Å².